The SMILES string of the molecule is CCCN1CCN(c2cc(OC)ccc2C2CC(C)(C)CC(C)(C)C2)CC1.Cl. The van der Waals surface area contributed by atoms with Gasteiger partial charge in [-0.25, -0.2) is 0 Å². The van der Waals surface area contributed by atoms with Crippen molar-refractivity contribution < 1.29 is 4.74 Å². The summed E-state index contributed by atoms with van der Waals surface area (Å²) in [6, 6.07) is 6.81. The molecule has 1 saturated carbocycles. The molecule has 0 aromatic heterocycles. The lowest BCUT2D eigenvalue weighted by Crippen LogP contribution is -2.47. The van der Waals surface area contributed by atoms with E-state index in [1.54, 1.807) is 12.7 Å². The quantitative estimate of drug-likeness (QED) is 0.596. The molecule has 2 fully saturated rings. The molecule has 3 nitrogen and oxygen atoms in total. The second-order valence-electron chi connectivity index (χ2n) is 10.4. The number of hydrogen-bond donors (Lipinski definition) is 0. The van der Waals surface area contributed by atoms with Crippen LogP contribution in [0.2, 0.25) is 0 Å². The van der Waals surface area contributed by atoms with Gasteiger partial charge in [0.25, 0.3) is 0 Å². The average Bonchev–Trinajstić information content (AvgIpc) is 2.59. The third-order valence-corrected chi connectivity index (χ3v) is 6.49. The average molecular weight is 409 g/mol. The molecule has 4 heteroatoms. The molecule has 160 valence electrons. The molecule has 0 unspecified atom stereocenters. The fourth-order valence-electron chi connectivity index (χ4n) is 5.86. The van der Waals surface area contributed by atoms with Crippen LogP contribution >= 0.6 is 12.4 Å². The third kappa shape index (κ3) is 5.57. The Kier molecular flexibility index (Phi) is 7.72. The minimum Gasteiger partial charge on any atom is -0.497 e. The number of nitrogens with zero attached hydrogens (tertiary/aromatic N) is 2. The minimum absolute atomic E-state index is 0. The van der Waals surface area contributed by atoms with Gasteiger partial charge in [0.2, 0.25) is 0 Å². The van der Waals surface area contributed by atoms with Gasteiger partial charge in [-0.1, -0.05) is 40.7 Å². The lowest BCUT2D eigenvalue weighted by Gasteiger charge is -2.46. The Labute approximate surface area is 179 Å². The number of ether oxygens (including phenoxy) is 1. The van der Waals surface area contributed by atoms with Gasteiger partial charge in [0.1, 0.15) is 5.75 Å². The number of methoxy groups -OCH3 is 1. The Morgan fingerprint density at radius 1 is 1.00 bits per heavy atom. The van der Waals surface area contributed by atoms with Gasteiger partial charge < -0.3 is 9.64 Å². The van der Waals surface area contributed by atoms with E-state index < -0.39 is 0 Å². The molecule has 0 bridgehead atoms. The molecule has 2 aliphatic rings. The van der Waals surface area contributed by atoms with Crippen LogP contribution in [0.5, 0.6) is 5.75 Å². The van der Waals surface area contributed by atoms with E-state index in [2.05, 4.69) is 62.6 Å². The van der Waals surface area contributed by atoms with Crippen LogP contribution in [0.15, 0.2) is 18.2 Å². The van der Waals surface area contributed by atoms with Crippen LogP contribution in [-0.2, 0) is 0 Å². The summed E-state index contributed by atoms with van der Waals surface area (Å²) in [6.45, 7) is 17.9. The minimum atomic E-state index is 0. The molecule has 1 heterocycles. The maximum absolute atomic E-state index is 5.59. The lowest BCUT2D eigenvalue weighted by molar-refractivity contribution is 0.0969. The van der Waals surface area contributed by atoms with Crippen LogP contribution in [0.25, 0.3) is 0 Å². The zero-order chi connectivity index (χ0) is 19.7. The van der Waals surface area contributed by atoms with E-state index in [-0.39, 0.29) is 12.4 Å². The van der Waals surface area contributed by atoms with Crippen molar-refractivity contribution >= 4 is 18.1 Å². The van der Waals surface area contributed by atoms with Gasteiger partial charge in [0.05, 0.1) is 7.11 Å². The number of piperazine rings is 1. The summed E-state index contributed by atoms with van der Waals surface area (Å²) in [6.07, 6.45) is 5.13. The van der Waals surface area contributed by atoms with Crippen molar-refractivity contribution in [3.63, 3.8) is 0 Å². The van der Waals surface area contributed by atoms with Crippen molar-refractivity contribution in [2.45, 2.75) is 66.2 Å². The predicted octanol–water partition coefficient (Wildman–Crippen LogP) is 5.97. The number of halogens is 1. The Morgan fingerprint density at radius 3 is 2.14 bits per heavy atom. The molecule has 1 saturated heterocycles. The smallest absolute Gasteiger partial charge is 0.120 e. The molecule has 0 atom stereocenters. The van der Waals surface area contributed by atoms with Gasteiger partial charge in [-0.3, -0.25) is 4.90 Å². The first kappa shape index (κ1) is 23.3. The molecule has 28 heavy (non-hydrogen) atoms. The van der Waals surface area contributed by atoms with Gasteiger partial charge in [-0.2, -0.15) is 0 Å². The molecule has 1 aliphatic heterocycles. The number of anilines is 1. The first-order chi connectivity index (χ1) is 12.7. The highest BCUT2D eigenvalue weighted by Gasteiger charge is 2.40. The Morgan fingerprint density at radius 2 is 1.61 bits per heavy atom. The highest BCUT2D eigenvalue weighted by atomic mass is 35.5. The molecular formula is C24H41ClN2O. The summed E-state index contributed by atoms with van der Waals surface area (Å²) in [7, 11) is 1.78. The monoisotopic (exact) mass is 408 g/mol. The summed E-state index contributed by atoms with van der Waals surface area (Å²) in [5.74, 6) is 1.62. The van der Waals surface area contributed by atoms with Crippen molar-refractivity contribution in [1.29, 1.82) is 0 Å². The third-order valence-electron chi connectivity index (χ3n) is 6.49. The van der Waals surface area contributed by atoms with Crippen LogP contribution in [0.4, 0.5) is 5.69 Å². The standard InChI is InChI=1S/C24H40N2O.ClH/c1-7-10-25-11-13-26(14-12-25)22-15-20(27-6)8-9-21(22)19-16-23(2,3)18-24(4,5)17-19;/h8-9,15,19H,7,10-14,16-18H2,1-6H3;1H. The Hall–Kier alpha value is -0.930. The summed E-state index contributed by atoms with van der Waals surface area (Å²) < 4.78 is 5.59. The van der Waals surface area contributed by atoms with Crippen molar-refractivity contribution in [3.05, 3.63) is 23.8 Å². The second kappa shape index (κ2) is 9.26. The number of rotatable bonds is 5. The van der Waals surface area contributed by atoms with E-state index in [0.717, 1.165) is 18.8 Å². The number of hydrogen-bond acceptors (Lipinski definition) is 3. The zero-order valence-electron chi connectivity index (χ0n) is 18.9. The highest BCUT2D eigenvalue weighted by molar-refractivity contribution is 5.85. The van der Waals surface area contributed by atoms with E-state index in [1.807, 2.05) is 0 Å². The predicted molar refractivity (Wildman–Crippen MR) is 123 cm³/mol. The van der Waals surface area contributed by atoms with Gasteiger partial charge in [-0.15, -0.1) is 12.4 Å². The second-order valence-corrected chi connectivity index (χ2v) is 10.4. The summed E-state index contributed by atoms with van der Waals surface area (Å²) in [4.78, 5) is 5.21. The first-order valence-electron chi connectivity index (χ1n) is 10.9. The fourth-order valence-corrected chi connectivity index (χ4v) is 5.86. The van der Waals surface area contributed by atoms with Crippen molar-refractivity contribution in [3.8, 4) is 5.75 Å². The lowest BCUT2D eigenvalue weighted by atomic mass is 9.60. The van der Waals surface area contributed by atoms with E-state index >= 15 is 0 Å². The van der Waals surface area contributed by atoms with Crippen LogP contribution < -0.4 is 9.64 Å². The van der Waals surface area contributed by atoms with Crippen molar-refractivity contribution in [1.82, 2.24) is 4.90 Å². The summed E-state index contributed by atoms with van der Waals surface area (Å²) >= 11 is 0. The van der Waals surface area contributed by atoms with Gasteiger partial charge in [-0.05, 0) is 60.6 Å². The summed E-state index contributed by atoms with van der Waals surface area (Å²) in [5.41, 5.74) is 3.77. The van der Waals surface area contributed by atoms with Crippen molar-refractivity contribution in [2.75, 3.05) is 44.7 Å². The Balaban J connectivity index is 0.00000280. The molecule has 0 radical (unpaired) electrons. The molecule has 1 aromatic rings. The van der Waals surface area contributed by atoms with E-state index in [4.69, 9.17) is 4.74 Å². The molecular weight excluding hydrogens is 368 g/mol. The van der Waals surface area contributed by atoms with Gasteiger partial charge >= 0.3 is 0 Å². The molecule has 1 aliphatic carbocycles. The van der Waals surface area contributed by atoms with Crippen LogP contribution in [-0.4, -0.2) is 44.7 Å². The van der Waals surface area contributed by atoms with Crippen molar-refractivity contribution in [2.24, 2.45) is 10.8 Å². The largest absolute Gasteiger partial charge is 0.497 e. The topological polar surface area (TPSA) is 15.7 Å². The molecule has 0 spiro atoms. The highest BCUT2D eigenvalue weighted by Crippen LogP contribution is 2.53. The normalized spacial score (nSPS) is 22.6. The fraction of sp³-hybridized carbons (Fsp3) is 0.750. The number of benzene rings is 1. The Bertz CT molecular complexity index is 619. The molecule has 0 N–H and O–H groups in total. The summed E-state index contributed by atoms with van der Waals surface area (Å²) in [5, 5.41) is 0. The maximum atomic E-state index is 5.59. The van der Waals surface area contributed by atoms with E-state index in [9.17, 15) is 0 Å². The van der Waals surface area contributed by atoms with E-state index in [1.165, 1.54) is 51.0 Å². The first-order valence-corrected chi connectivity index (χ1v) is 10.9. The van der Waals surface area contributed by atoms with Gasteiger partial charge in [0, 0.05) is 37.9 Å². The van der Waals surface area contributed by atoms with Crippen LogP contribution in [0.3, 0.4) is 0 Å². The molecule has 3 rings (SSSR count). The van der Waals surface area contributed by atoms with E-state index in [0.29, 0.717) is 16.7 Å². The van der Waals surface area contributed by atoms with Crippen LogP contribution in [0.1, 0.15) is 71.8 Å². The molecule has 1 aromatic carbocycles. The molecule has 0 amide bonds. The zero-order valence-corrected chi connectivity index (χ0v) is 19.7. The van der Waals surface area contributed by atoms with Crippen LogP contribution in [0, 0.1) is 10.8 Å². The van der Waals surface area contributed by atoms with Gasteiger partial charge in [0.15, 0.2) is 0 Å². The maximum Gasteiger partial charge on any atom is 0.120 e.